The summed E-state index contributed by atoms with van der Waals surface area (Å²) in [6, 6.07) is 22.2. The van der Waals surface area contributed by atoms with Gasteiger partial charge in [-0.1, -0.05) is 35.9 Å². The number of hydrogen-bond donors (Lipinski definition) is 1. The van der Waals surface area contributed by atoms with Crippen molar-refractivity contribution in [2.75, 3.05) is 5.73 Å². The van der Waals surface area contributed by atoms with Crippen LogP contribution in [0.1, 0.15) is 35.5 Å². The van der Waals surface area contributed by atoms with Crippen LogP contribution in [0.25, 0.3) is 16.6 Å². The van der Waals surface area contributed by atoms with Crippen LogP contribution < -0.4 is 10.5 Å². The summed E-state index contributed by atoms with van der Waals surface area (Å²) in [7, 11) is -4.08. The first-order chi connectivity index (χ1) is 17.7. The van der Waals surface area contributed by atoms with E-state index in [1.54, 1.807) is 66.7 Å². The minimum absolute atomic E-state index is 0.0197. The number of rotatable bonds is 7. The Hall–Kier alpha value is -4.37. The van der Waals surface area contributed by atoms with Crippen LogP contribution in [-0.2, 0) is 10.0 Å². The molecule has 0 amide bonds. The molecule has 0 aliphatic rings. The number of aromatic nitrogens is 3. The maximum absolute atomic E-state index is 13.8. The van der Waals surface area contributed by atoms with E-state index in [9.17, 15) is 13.2 Å². The fraction of sp³-hybridized carbons (Fsp3) is 0.143. The highest BCUT2D eigenvalue weighted by atomic mass is 32.2. The summed E-state index contributed by atoms with van der Waals surface area (Å²) in [5, 5.41) is 4.93. The topological polar surface area (TPSA) is 109 Å². The molecule has 0 unspecified atom stereocenters. The Kier molecular flexibility index (Phi) is 6.08. The molecule has 0 saturated heterocycles. The van der Waals surface area contributed by atoms with Crippen LogP contribution >= 0.6 is 0 Å². The Morgan fingerprint density at radius 2 is 1.65 bits per heavy atom. The molecule has 0 radical (unpaired) electrons. The van der Waals surface area contributed by atoms with Crippen LogP contribution in [0, 0.1) is 6.92 Å². The molecule has 0 aliphatic carbocycles. The molecule has 8 nitrogen and oxygen atoms in total. The van der Waals surface area contributed by atoms with Crippen LogP contribution in [0.15, 0.2) is 90.0 Å². The molecule has 9 heteroatoms. The summed E-state index contributed by atoms with van der Waals surface area (Å²) in [6.45, 7) is 5.76. The Bertz CT molecular complexity index is 1710. The average Bonchev–Trinajstić information content (AvgIpc) is 3.45. The lowest BCUT2D eigenvalue weighted by atomic mass is 10.1. The molecule has 2 N–H and O–H groups in total. The molecule has 5 aromatic rings. The van der Waals surface area contributed by atoms with Gasteiger partial charge in [0.2, 0.25) is 5.78 Å². The van der Waals surface area contributed by atoms with Gasteiger partial charge in [0.25, 0.3) is 10.0 Å². The standard InChI is InChI=1S/C28H26N4O4S/c1-18(2)36-22-12-10-21(11-13-22)31-28(29)24(17-30-31)27(33)26-16-20-6-4-5-7-25(20)32(26)37(34,35)23-14-8-19(3)9-15-23/h4-18H,29H2,1-3H3. The van der Waals surface area contributed by atoms with Crippen molar-refractivity contribution in [3.05, 3.63) is 102 Å². The lowest BCUT2D eigenvalue weighted by molar-refractivity contribution is 0.103. The van der Waals surface area contributed by atoms with E-state index < -0.39 is 15.8 Å². The van der Waals surface area contributed by atoms with Gasteiger partial charge in [-0.2, -0.15) is 5.10 Å². The van der Waals surface area contributed by atoms with E-state index >= 15 is 0 Å². The van der Waals surface area contributed by atoms with Gasteiger partial charge in [0.15, 0.2) is 0 Å². The SMILES string of the molecule is Cc1ccc(S(=O)(=O)n2c(C(=O)c3cnn(-c4ccc(OC(C)C)cc4)c3N)cc3ccccc32)cc1. The van der Waals surface area contributed by atoms with E-state index in [1.165, 1.54) is 23.0 Å². The highest BCUT2D eigenvalue weighted by Gasteiger charge is 2.29. The summed E-state index contributed by atoms with van der Waals surface area (Å²) in [4.78, 5) is 13.9. The monoisotopic (exact) mass is 514 g/mol. The molecule has 0 bridgehead atoms. The molecular weight excluding hydrogens is 488 g/mol. The minimum atomic E-state index is -4.08. The number of ketones is 1. The molecule has 5 rings (SSSR count). The summed E-state index contributed by atoms with van der Waals surface area (Å²) in [6.07, 6.45) is 1.39. The fourth-order valence-electron chi connectivity index (χ4n) is 4.18. The second kappa shape index (κ2) is 9.25. The van der Waals surface area contributed by atoms with Crippen LogP contribution in [-0.4, -0.2) is 34.1 Å². The number of aryl methyl sites for hydroxylation is 1. The number of carbonyl (C=O) groups is 1. The van der Waals surface area contributed by atoms with E-state index in [-0.39, 0.29) is 28.1 Å². The lowest BCUT2D eigenvalue weighted by Gasteiger charge is -2.12. The molecule has 0 atom stereocenters. The zero-order chi connectivity index (χ0) is 26.3. The largest absolute Gasteiger partial charge is 0.491 e. The molecule has 37 heavy (non-hydrogen) atoms. The molecule has 0 saturated carbocycles. The first kappa shape index (κ1) is 24.3. The lowest BCUT2D eigenvalue weighted by Crippen LogP contribution is -2.19. The third-order valence-electron chi connectivity index (χ3n) is 5.96. The van der Waals surface area contributed by atoms with Crippen molar-refractivity contribution in [2.24, 2.45) is 0 Å². The fourth-order valence-corrected chi connectivity index (χ4v) is 5.69. The number of hydrogen-bond acceptors (Lipinski definition) is 6. The Labute approximate surface area is 215 Å². The van der Waals surface area contributed by atoms with Gasteiger partial charge in [0.1, 0.15) is 17.3 Å². The van der Waals surface area contributed by atoms with Crippen molar-refractivity contribution in [3.63, 3.8) is 0 Å². The number of benzene rings is 3. The molecule has 3 aromatic carbocycles. The number of nitrogen functional groups attached to an aromatic ring is 1. The van der Waals surface area contributed by atoms with Crippen molar-refractivity contribution in [1.82, 2.24) is 13.8 Å². The van der Waals surface area contributed by atoms with Crippen molar-refractivity contribution >= 4 is 32.5 Å². The van der Waals surface area contributed by atoms with Gasteiger partial charge in [0.05, 0.1) is 34.0 Å². The van der Waals surface area contributed by atoms with E-state index in [2.05, 4.69) is 5.10 Å². The zero-order valence-electron chi connectivity index (χ0n) is 20.6. The van der Waals surface area contributed by atoms with Crippen molar-refractivity contribution < 1.29 is 17.9 Å². The van der Waals surface area contributed by atoms with E-state index in [0.717, 1.165) is 9.54 Å². The van der Waals surface area contributed by atoms with Gasteiger partial charge in [-0.15, -0.1) is 0 Å². The number of carbonyl (C=O) groups excluding carboxylic acids is 1. The molecule has 188 valence electrons. The number of anilines is 1. The van der Waals surface area contributed by atoms with Crippen LogP contribution in [0.3, 0.4) is 0 Å². The number of fused-ring (bicyclic) bond motifs is 1. The number of nitrogens with zero attached hydrogens (tertiary/aromatic N) is 3. The van der Waals surface area contributed by atoms with Crippen LogP contribution in [0.4, 0.5) is 5.82 Å². The summed E-state index contributed by atoms with van der Waals surface area (Å²) in [5.41, 5.74) is 8.41. The average molecular weight is 515 g/mol. The first-order valence-electron chi connectivity index (χ1n) is 11.7. The van der Waals surface area contributed by atoms with E-state index in [0.29, 0.717) is 22.3 Å². The van der Waals surface area contributed by atoms with Crippen molar-refractivity contribution in [3.8, 4) is 11.4 Å². The maximum Gasteiger partial charge on any atom is 0.268 e. The van der Waals surface area contributed by atoms with Gasteiger partial charge >= 0.3 is 0 Å². The Morgan fingerprint density at radius 1 is 0.973 bits per heavy atom. The Balaban J connectivity index is 1.60. The maximum atomic E-state index is 13.8. The molecule has 0 fully saturated rings. The van der Waals surface area contributed by atoms with E-state index in [1.807, 2.05) is 20.8 Å². The zero-order valence-corrected chi connectivity index (χ0v) is 21.4. The number of ether oxygens (including phenoxy) is 1. The second-order valence-electron chi connectivity index (χ2n) is 9.02. The van der Waals surface area contributed by atoms with Crippen LogP contribution in [0.2, 0.25) is 0 Å². The highest BCUT2D eigenvalue weighted by Crippen LogP contribution is 2.29. The van der Waals surface area contributed by atoms with E-state index in [4.69, 9.17) is 10.5 Å². The quantitative estimate of drug-likeness (QED) is 0.307. The van der Waals surface area contributed by atoms with Gasteiger partial charge in [-0.3, -0.25) is 4.79 Å². The van der Waals surface area contributed by atoms with Gasteiger partial charge < -0.3 is 10.5 Å². The van der Waals surface area contributed by atoms with Crippen molar-refractivity contribution in [1.29, 1.82) is 0 Å². The predicted molar refractivity (Wildman–Crippen MR) is 143 cm³/mol. The minimum Gasteiger partial charge on any atom is -0.491 e. The number of nitrogens with two attached hydrogens (primary N) is 1. The first-order valence-corrected chi connectivity index (χ1v) is 13.2. The van der Waals surface area contributed by atoms with Crippen LogP contribution in [0.5, 0.6) is 5.75 Å². The molecular formula is C28H26N4O4S. The molecule has 0 spiro atoms. The summed E-state index contributed by atoms with van der Waals surface area (Å²) >= 11 is 0. The summed E-state index contributed by atoms with van der Waals surface area (Å²) in [5.74, 6) is 0.258. The molecule has 2 heterocycles. The predicted octanol–water partition coefficient (Wildman–Crippen LogP) is 4.97. The van der Waals surface area contributed by atoms with Gasteiger partial charge in [-0.05, 0) is 69.3 Å². The molecule has 2 aromatic heterocycles. The Morgan fingerprint density at radius 3 is 2.32 bits per heavy atom. The second-order valence-corrected chi connectivity index (χ2v) is 10.8. The van der Waals surface area contributed by atoms with Gasteiger partial charge in [0, 0.05) is 5.39 Å². The smallest absolute Gasteiger partial charge is 0.268 e. The van der Waals surface area contributed by atoms with Gasteiger partial charge in [-0.25, -0.2) is 17.1 Å². The third-order valence-corrected chi connectivity index (χ3v) is 7.70. The summed E-state index contributed by atoms with van der Waals surface area (Å²) < 4.78 is 35.7. The normalized spacial score (nSPS) is 11.8. The van der Waals surface area contributed by atoms with Crippen molar-refractivity contribution in [2.45, 2.75) is 31.8 Å². The third kappa shape index (κ3) is 4.38. The number of para-hydroxylation sites is 1. The highest BCUT2D eigenvalue weighted by molar-refractivity contribution is 7.90. The molecule has 0 aliphatic heterocycles.